The van der Waals surface area contributed by atoms with Crippen LogP contribution in [0.25, 0.3) is 5.69 Å². The van der Waals surface area contributed by atoms with E-state index >= 15 is 0 Å². The van der Waals surface area contributed by atoms with E-state index in [4.69, 9.17) is 11.6 Å². The lowest BCUT2D eigenvalue weighted by Crippen LogP contribution is -2.26. The number of nitrogens with zero attached hydrogens (tertiary/aromatic N) is 2. The van der Waals surface area contributed by atoms with Crippen molar-refractivity contribution in [3.8, 4) is 5.69 Å². The van der Waals surface area contributed by atoms with Gasteiger partial charge in [-0.3, -0.25) is 4.79 Å². The van der Waals surface area contributed by atoms with Gasteiger partial charge in [-0.2, -0.15) is 5.10 Å². The van der Waals surface area contributed by atoms with E-state index in [1.165, 1.54) is 25.7 Å². The van der Waals surface area contributed by atoms with E-state index in [1.807, 2.05) is 24.3 Å². The molecule has 1 amide bonds. The summed E-state index contributed by atoms with van der Waals surface area (Å²) in [4.78, 5) is 12.1. The highest BCUT2D eigenvalue weighted by molar-refractivity contribution is 6.30. The van der Waals surface area contributed by atoms with Crippen LogP contribution in [-0.2, 0) is 0 Å². The van der Waals surface area contributed by atoms with Gasteiger partial charge in [0.25, 0.3) is 5.91 Å². The molecule has 1 aromatic carbocycles. The van der Waals surface area contributed by atoms with E-state index in [0.717, 1.165) is 24.6 Å². The average molecular weight is 318 g/mol. The molecule has 0 saturated heterocycles. The van der Waals surface area contributed by atoms with Gasteiger partial charge >= 0.3 is 0 Å². The maximum atomic E-state index is 12.1. The van der Waals surface area contributed by atoms with E-state index in [2.05, 4.69) is 10.4 Å². The van der Waals surface area contributed by atoms with Crippen LogP contribution in [0.15, 0.2) is 36.5 Å². The highest BCUT2D eigenvalue weighted by Crippen LogP contribution is 2.26. The second-order valence-electron chi connectivity index (χ2n) is 5.82. The number of hydrogen-bond donors (Lipinski definition) is 1. The van der Waals surface area contributed by atoms with Gasteiger partial charge in [0.1, 0.15) is 0 Å². The van der Waals surface area contributed by atoms with Crippen molar-refractivity contribution in [3.05, 3.63) is 47.2 Å². The van der Waals surface area contributed by atoms with Crippen molar-refractivity contribution in [1.29, 1.82) is 0 Å². The van der Waals surface area contributed by atoms with Gasteiger partial charge in [-0.25, -0.2) is 4.68 Å². The van der Waals surface area contributed by atoms with Crippen LogP contribution in [0.2, 0.25) is 5.02 Å². The Balaban J connectivity index is 1.57. The molecule has 1 heterocycles. The van der Waals surface area contributed by atoms with Crippen molar-refractivity contribution in [2.45, 2.75) is 32.1 Å². The molecule has 5 heteroatoms. The Labute approximate surface area is 135 Å². The molecule has 116 valence electrons. The first-order chi connectivity index (χ1) is 10.7. The number of benzene rings is 1. The zero-order valence-electron chi connectivity index (χ0n) is 12.5. The number of rotatable bonds is 5. The fourth-order valence-electron chi connectivity index (χ4n) is 2.99. The smallest absolute Gasteiger partial charge is 0.271 e. The van der Waals surface area contributed by atoms with Crippen LogP contribution in [-0.4, -0.2) is 22.2 Å². The highest BCUT2D eigenvalue weighted by atomic mass is 35.5. The number of hydrogen-bond acceptors (Lipinski definition) is 2. The summed E-state index contributed by atoms with van der Waals surface area (Å²) in [5, 5.41) is 7.93. The zero-order chi connectivity index (χ0) is 15.4. The monoisotopic (exact) mass is 317 g/mol. The molecule has 4 nitrogen and oxygen atoms in total. The van der Waals surface area contributed by atoms with Crippen molar-refractivity contribution in [1.82, 2.24) is 15.1 Å². The summed E-state index contributed by atoms with van der Waals surface area (Å²) < 4.78 is 1.66. The lowest BCUT2D eigenvalue weighted by Gasteiger charge is -2.08. The minimum atomic E-state index is -0.112. The first-order valence-electron chi connectivity index (χ1n) is 7.82. The van der Waals surface area contributed by atoms with Crippen molar-refractivity contribution < 1.29 is 4.79 Å². The second kappa shape index (κ2) is 6.97. The van der Waals surface area contributed by atoms with Gasteiger partial charge in [-0.1, -0.05) is 43.4 Å². The summed E-state index contributed by atoms with van der Waals surface area (Å²) in [6.07, 6.45) is 8.13. The van der Waals surface area contributed by atoms with Gasteiger partial charge in [-0.15, -0.1) is 0 Å². The number of halogens is 1. The molecule has 22 heavy (non-hydrogen) atoms. The van der Waals surface area contributed by atoms with Crippen LogP contribution < -0.4 is 5.32 Å². The summed E-state index contributed by atoms with van der Waals surface area (Å²) in [7, 11) is 0. The summed E-state index contributed by atoms with van der Waals surface area (Å²) >= 11 is 5.97. The van der Waals surface area contributed by atoms with Crippen molar-refractivity contribution in [2.24, 2.45) is 5.92 Å². The van der Waals surface area contributed by atoms with Crippen LogP contribution in [0.4, 0.5) is 0 Å². The SMILES string of the molecule is O=C(NCCC1CCCC1)c1ccn(-c2cccc(Cl)c2)n1. The minimum absolute atomic E-state index is 0.112. The van der Waals surface area contributed by atoms with Gasteiger partial charge in [0.15, 0.2) is 5.69 Å². The molecule has 0 aliphatic heterocycles. The lowest BCUT2D eigenvalue weighted by molar-refractivity contribution is 0.0946. The molecule has 2 aromatic rings. The van der Waals surface area contributed by atoms with E-state index in [-0.39, 0.29) is 5.91 Å². The Kier molecular flexibility index (Phi) is 4.78. The van der Waals surface area contributed by atoms with Crippen LogP contribution in [0.1, 0.15) is 42.6 Å². The third-order valence-electron chi connectivity index (χ3n) is 4.21. The molecule has 0 atom stereocenters. The Morgan fingerprint density at radius 3 is 2.91 bits per heavy atom. The summed E-state index contributed by atoms with van der Waals surface area (Å²) in [6.45, 7) is 0.730. The topological polar surface area (TPSA) is 46.9 Å². The molecule has 0 radical (unpaired) electrons. The second-order valence-corrected chi connectivity index (χ2v) is 6.26. The highest BCUT2D eigenvalue weighted by Gasteiger charge is 2.15. The quantitative estimate of drug-likeness (QED) is 0.911. The lowest BCUT2D eigenvalue weighted by atomic mass is 10.0. The number of carbonyl (C=O) groups is 1. The number of amides is 1. The normalized spacial score (nSPS) is 15.1. The summed E-state index contributed by atoms with van der Waals surface area (Å²) in [5.74, 6) is 0.670. The van der Waals surface area contributed by atoms with Gasteiger partial charge in [0.05, 0.1) is 5.69 Å². The fraction of sp³-hybridized carbons (Fsp3) is 0.412. The maximum Gasteiger partial charge on any atom is 0.271 e. The Morgan fingerprint density at radius 1 is 1.32 bits per heavy atom. The molecule has 1 saturated carbocycles. The Morgan fingerprint density at radius 2 is 2.14 bits per heavy atom. The predicted octanol–water partition coefficient (Wildman–Crippen LogP) is 3.84. The number of carbonyl (C=O) groups excluding carboxylic acids is 1. The van der Waals surface area contributed by atoms with Gasteiger partial charge < -0.3 is 5.32 Å². The third kappa shape index (κ3) is 3.69. The first kappa shape index (κ1) is 15.1. The molecular weight excluding hydrogens is 298 g/mol. The summed E-state index contributed by atoms with van der Waals surface area (Å²) in [5.41, 5.74) is 1.28. The summed E-state index contributed by atoms with van der Waals surface area (Å²) in [6, 6.07) is 9.12. The van der Waals surface area contributed by atoms with Gasteiger partial charge in [0.2, 0.25) is 0 Å². The average Bonchev–Trinajstić information content (AvgIpc) is 3.19. The molecule has 0 unspecified atom stereocenters. The molecule has 1 fully saturated rings. The van der Waals surface area contributed by atoms with E-state index in [1.54, 1.807) is 16.9 Å². The van der Waals surface area contributed by atoms with Crippen LogP contribution in [0, 0.1) is 5.92 Å². The largest absolute Gasteiger partial charge is 0.351 e. The molecule has 1 N–H and O–H groups in total. The van der Waals surface area contributed by atoms with Crippen LogP contribution >= 0.6 is 11.6 Å². The standard InChI is InChI=1S/C17H20ClN3O/c18-14-6-3-7-15(12-14)21-11-9-16(20-21)17(22)19-10-8-13-4-1-2-5-13/h3,6-7,9,11-13H,1-2,4-5,8,10H2,(H,19,22). The predicted molar refractivity (Wildman–Crippen MR) is 87.5 cm³/mol. The molecule has 1 aliphatic carbocycles. The first-order valence-corrected chi connectivity index (χ1v) is 8.20. The van der Waals surface area contributed by atoms with Crippen LogP contribution in [0.5, 0.6) is 0 Å². The molecule has 0 bridgehead atoms. The molecule has 0 spiro atoms. The van der Waals surface area contributed by atoms with Crippen LogP contribution in [0.3, 0.4) is 0 Å². The van der Waals surface area contributed by atoms with Crippen molar-refractivity contribution in [2.75, 3.05) is 6.54 Å². The fourth-order valence-corrected chi connectivity index (χ4v) is 3.17. The third-order valence-corrected chi connectivity index (χ3v) is 4.44. The van der Waals surface area contributed by atoms with E-state index in [0.29, 0.717) is 10.7 Å². The molecule has 1 aliphatic rings. The van der Waals surface area contributed by atoms with Crippen molar-refractivity contribution >= 4 is 17.5 Å². The minimum Gasteiger partial charge on any atom is -0.351 e. The van der Waals surface area contributed by atoms with E-state index in [9.17, 15) is 4.79 Å². The number of nitrogens with one attached hydrogen (secondary N) is 1. The maximum absolute atomic E-state index is 12.1. The number of aromatic nitrogens is 2. The van der Waals surface area contributed by atoms with Crippen molar-refractivity contribution in [3.63, 3.8) is 0 Å². The van der Waals surface area contributed by atoms with Gasteiger partial charge in [0, 0.05) is 17.8 Å². The van der Waals surface area contributed by atoms with E-state index < -0.39 is 0 Å². The van der Waals surface area contributed by atoms with Gasteiger partial charge in [-0.05, 0) is 36.6 Å². The zero-order valence-corrected chi connectivity index (χ0v) is 13.2. The molecule has 1 aromatic heterocycles. The molecular formula is C17H20ClN3O. The Hall–Kier alpha value is -1.81. The Bertz CT molecular complexity index is 647. The molecule has 3 rings (SSSR count).